The second kappa shape index (κ2) is 8.66. The summed E-state index contributed by atoms with van der Waals surface area (Å²) in [5.74, 6) is 1.06. The van der Waals surface area contributed by atoms with Gasteiger partial charge in [0.15, 0.2) is 0 Å². The van der Waals surface area contributed by atoms with Crippen molar-refractivity contribution in [1.29, 1.82) is 0 Å². The minimum absolute atomic E-state index is 0.331. The normalized spacial score (nSPS) is 25.9. The fourth-order valence-electron chi connectivity index (χ4n) is 4.94. The number of fused-ring (bicyclic) bond motifs is 3. The van der Waals surface area contributed by atoms with E-state index in [1.807, 2.05) is 36.5 Å². The maximum absolute atomic E-state index is 10.5. The molecule has 1 aromatic heterocycles. The van der Waals surface area contributed by atoms with E-state index >= 15 is 0 Å². The van der Waals surface area contributed by atoms with Crippen molar-refractivity contribution in [3.63, 3.8) is 0 Å². The molecule has 3 N–H and O–H groups in total. The number of nitrogens with zero attached hydrogens (tertiary/aromatic N) is 2. The van der Waals surface area contributed by atoms with Gasteiger partial charge in [0.05, 0.1) is 24.8 Å². The molecule has 6 rings (SSSR count). The van der Waals surface area contributed by atoms with Crippen LogP contribution in [0.1, 0.15) is 11.1 Å². The highest BCUT2D eigenvalue weighted by Gasteiger charge is 2.49. The SMILES string of the molecule is COc1ccc2c(C3=N[C@@H]4C(O)[C@H](O)[C@@H](CO)O[C@@H]4O3)cn(Cc3ccc4ccccc4c3)c2c1. The van der Waals surface area contributed by atoms with Gasteiger partial charge < -0.3 is 34.1 Å². The lowest BCUT2D eigenvalue weighted by Gasteiger charge is -2.36. The Morgan fingerprint density at radius 1 is 1.00 bits per heavy atom. The van der Waals surface area contributed by atoms with E-state index in [-0.39, 0.29) is 0 Å². The highest BCUT2D eigenvalue weighted by atomic mass is 16.7. The van der Waals surface area contributed by atoms with Crippen LogP contribution in [0.5, 0.6) is 5.75 Å². The predicted octanol–water partition coefficient (Wildman–Crippen LogP) is 2.44. The molecule has 180 valence electrons. The van der Waals surface area contributed by atoms with E-state index in [1.54, 1.807) is 7.11 Å². The average Bonchev–Trinajstić information content (AvgIpc) is 3.47. The summed E-state index contributed by atoms with van der Waals surface area (Å²) in [4.78, 5) is 4.57. The van der Waals surface area contributed by atoms with Crippen LogP contribution in [-0.4, -0.2) is 70.1 Å². The molecule has 0 spiro atoms. The maximum Gasteiger partial charge on any atom is 0.227 e. The first-order valence-corrected chi connectivity index (χ1v) is 11.6. The smallest absolute Gasteiger partial charge is 0.227 e. The summed E-state index contributed by atoms with van der Waals surface area (Å²) in [6.45, 7) is 0.198. The van der Waals surface area contributed by atoms with Crippen molar-refractivity contribution >= 4 is 27.6 Å². The molecule has 5 atom stereocenters. The van der Waals surface area contributed by atoms with Crippen molar-refractivity contribution in [1.82, 2.24) is 4.57 Å². The number of hydrogen-bond acceptors (Lipinski definition) is 7. The number of benzene rings is 3. The number of hydrogen-bond donors (Lipinski definition) is 3. The van der Waals surface area contributed by atoms with E-state index in [1.165, 1.54) is 10.8 Å². The Labute approximate surface area is 201 Å². The van der Waals surface area contributed by atoms with Crippen molar-refractivity contribution in [2.45, 2.75) is 37.2 Å². The molecule has 0 aliphatic carbocycles. The molecule has 0 bridgehead atoms. The number of rotatable bonds is 5. The summed E-state index contributed by atoms with van der Waals surface area (Å²) in [5, 5.41) is 33.5. The predicted molar refractivity (Wildman–Crippen MR) is 131 cm³/mol. The Morgan fingerprint density at radius 3 is 2.63 bits per heavy atom. The van der Waals surface area contributed by atoms with Gasteiger partial charge in [0.1, 0.15) is 30.1 Å². The largest absolute Gasteiger partial charge is 0.497 e. The van der Waals surface area contributed by atoms with Gasteiger partial charge in [0, 0.05) is 24.2 Å². The summed E-state index contributed by atoms with van der Waals surface area (Å²) in [7, 11) is 1.63. The monoisotopic (exact) mass is 474 g/mol. The number of aliphatic hydroxyl groups excluding tert-OH is 3. The van der Waals surface area contributed by atoms with Crippen LogP contribution in [0.3, 0.4) is 0 Å². The molecule has 1 unspecified atom stereocenters. The topological polar surface area (TPSA) is 106 Å². The second-order valence-corrected chi connectivity index (χ2v) is 8.98. The zero-order chi connectivity index (χ0) is 24.1. The van der Waals surface area contributed by atoms with Gasteiger partial charge in [-0.3, -0.25) is 0 Å². The molecule has 35 heavy (non-hydrogen) atoms. The van der Waals surface area contributed by atoms with E-state index in [4.69, 9.17) is 14.2 Å². The highest BCUT2D eigenvalue weighted by Crippen LogP contribution is 2.34. The molecule has 8 nitrogen and oxygen atoms in total. The summed E-state index contributed by atoms with van der Waals surface area (Å²) in [6, 6.07) is 19.7. The molecular weight excluding hydrogens is 448 g/mol. The van der Waals surface area contributed by atoms with Crippen LogP contribution in [0.15, 0.2) is 71.9 Å². The molecule has 0 amide bonds. The molecule has 3 heterocycles. The number of aliphatic imine (C=N–C) groups is 1. The Hall–Kier alpha value is -3.43. The summed E-state index contributed by atoms with van der Waals surface area (Å²) in [5.41, 5.74) is 2.85. The van der Waals surface area contributed by atoms with Crippen molar-refractivity contribution in [3.05, 3.63) is 78.0 Å². The van der Waals surface area contributed by atoms with Gasteiger partial charge in [-0.15, -0.1) is 0 Å². The molecule has 0 radical (unpaired) electrons. The first-order valence-electron chi connectivity index (χ1n) is 11.6. The van der Waals surface area contributed by atoms with E-state index in [2.05, 4.69) is 39.9 Å². The number of ether oxygens (including phenoxy) is 3. The zero-order valence-electron chi connectivity index (χ0n) is 19.1. The highest BCUT2D eigenvalue weighted by molar-refractivity contribution is 6.08. The van der Waals surface area contributed by atoms with Crippen LogP contribution < -0.4 is 4.74 Å². The van der Waals surface area contributed by atoms with Crippen LogP contribution in [0, 0.1) is 0 Å². The van der Waals surface area contributed by atoms with Crippen LogP contribution >= 0.6 is 0 Å². The van der Waals surface area contributed by atoms with Gasteiger partial charge >= 0.3 is 0 Å². The lowest BCUT2D eigenvalue weighted by atomic mass is 9.98. The van der Waals surface area contributed by atoms with Crippen LogP contribution in [-0.2, 0) is 16.0 Å². The Bertz CT molecular complexity index is 1430. The van der Waals surface area contributed by atoms with Gasteiger partial charge in [-0.25, -0.2) is 4.99 Å². The molecule has 2 aliphatic heterocycles. The Morgan fingerprint density at radius 2 is 1.83 bits per heavy atom. The Kier molecular flexibility index (Phi) is 5.46. The lowest BCUT2D eigenvalue weighted by molar-refractivity contribution is -0.234. The summed E-state index contributed by atoms with van der Waals surface area (Å²) < 4.78 is 19.2. The maximum atomic E-state index is 10.5. The molecule has 1 fully saturated rings. The standard InChI is InChI=1S/C27H26N2O6/c1-33-18-8-9-19-20(26-28-23-25(32)24(31)22(14-30)34-27(23)35-26)13-29(21(19)11-18)12-15-6-7-16-4-2-3-5-17(16)10-15/h2-11,13,22-25,27,30-32H,12,14H2,1H3/t22-,23-,24-,25?,27-/m1/s1. The van der Waals surface area contributed by atoms with Crippen LogP contribution in [0.2, 0.25) is 0 Å². The van der Waals surface area contributed by atoms with Crippen molar-refractivity contribution in [3.8, 4) is 5.75 Å². The van der Waals surface area contributed by atoms with E-state index < -0.39 is 37.3 Å². The molecule has 3 aromatic carbocycles. The van der Waals surface area contributed by atoms with E-state index in [9.17, 15) is 15.3 Å². The third-order valence-corrected chi connectivity index (χ3v) is 6.83. The molecular formula is C27H26N2O6. The van der Waals surface area contributed by atoms with Crippen LogP contribution in [0.25, 0.3) is 21.7 Å². The molecule has 1 saturated heterocycles. The van der Waals surface area contributed by atoms with Crippen molar-refractivity contribution in [2.75, 3.05) is 13.7 Å². The minimum atomic E-state index is -1.24. The fourth-order valence-corrected chi connectivity index (χ4v) is 4.94. The lowest BCUT2D eigenvalue weighted by Crippen LogP contribution is -2.56. The third kappa shape index (κ3) is 3.75. The van der Waals surface area contributed by atoms with Gasteiger partial charge in [0.25, 0.3) is 0 Å². The van der Waals surface area contributed by atoms with Gasteiger partial charge in [-0.05, 0) is 34.5 Å². The summed E-state index contributed by atoms with van der Waals surface area (Å²) in [6.07, 6.45) is -2.28. The van der Waals surface area contributed by atoms with Crippen molar-refractivity contribution < 1.29 is 29.5 Å². The molecule has 2 aliphatic rings. The van der Waals surface area contributed by atoms with Crippen LogP contribution in [0.4, 0.5) is 0 Å². The van der Waals surface area contributed by atoms with Gasteiger partial charge in [0.2, 0.25) is 12.2 Å². The number of aliphatic hydroxyl groups is 3. The number of aromatic nitrogens is 1. The first kappa shape index (κ1) is 22.1. The van der Waals surface area contributed by atoms with E-state index in [0.29, 0.717) is 12.4 Å². The second-order valence-electron chi connectivity index (χ2n) is 8.98. The summed E-state index contributed by atoms with van der Waals surface area (Å²) >= 11 is 0. The van der Waals surface area contributed by atoms with Gasteiger partial charge in [-0.2, -0.15) is 0 Å². The molecule has 4 aromatic rings. The van der Waals surface area contributed by atoms with E-state index in [0.717, 1.165) is 27.8 Å². The molecule has 8 heteroatoms. The van der Waals surface area contributed by atoms with Gasteiger partial charge in [-0.1, -0.05) is 36.4 Å². The quantitative estimate of drug-likeness (QED) is 0.410. The van der Waals surface area contributed by atoms with Crippen molar-refractivity contribution in [2.24, 2.45) is 4.99 Å². The average molecular weight is 475 g/mol. The minimum Gasteiger partial charge on any atom is -0.497 e. The fraction of sp³-hybridized carbons (Fsp3) is 0.296. The third-order valence-electron chi connectivity index (χ3n) is 6.83. The Balaban J connectivity index is 1.40. The number of methoxy groups -OCH3 is 1. The molecule has 0 saturated carbocycles. The first-order chi connectivity index (χ1) is 17.1. The zero-order valence-corrected chi connectivity index (χ0v) is 19.1.